The lowest BCUT2D eigenvalue weighted by molar-refractivity contribution is 0.280. The maximum absolute atomic E-state index is 9.36. The van der Waals surface area contributed by atoms with E-state index in [2.05, 4.69) is 30.7 Å². The van der Waals surface area contributed by atoms with Gasteiger partial charge in [0.2, 0.25) is 5.88 Å². The largest absolute Gasteiger partial charge is 0.437 e. The van der Waals surface area contributed by atoms with Gasteiger partial charge in [0.1, 0.15) is 5.75 Å². The zero-order valence-corrected chi connectivity index (χ0v) is 12.3. The Labute approximate surface area is 119 Å². The predicted octanol–water partition coefficient (Wildman–Crippen LogP) is 3.37. The first-order valence-electron chi connectivity index (χ1n) is 6.61. The first-order chi connectivity index (χ1) is 9.38. The zero-order chi connectivity index (χ0) is 14.8. The topological polar surface area (TPSA) is 55.2 Å². The van der Waals surface area contributed by atoms with Gasteiger partial charge in [0.15, 0.2) is 0 Å². The van der Waals surface area contributed by atoms with Crippen LogP contribution in [0.5, 0.6) is 11.6 Å². The number of hydrogen-bond acceptors (Lipinski definition) is 4. The minimum atomic E-state index is -0.102. The van der Waals surface area contributed by atoms with E-state index in [4.69, 9.17) is 4.74 Å². The van der Waals surface area contributed by atoms with Gasteiger partial charge in [-0.15, -0.1) is 0 Å². The number of ether oxygens (including phenoxy) is 1. The lowest BCUT2D eigenvalue weighted by atomic mass is 9.91. The van der Waals surface area contributed by atoms with Crippen molar-refractivity contribution in [3.63, 3.8) is 0 Å². The quantitative estimate of drug-likeness (QED) is 0.930. The minimum absolute atomic E-state index is 0.0336. The van der Waals surface area contributed by atoms with Gasteiger partial charge in [-0.2, -0.15) is 0 Å². The van der Waals surface area contributed by atoms with Crippen LogP contribution in [-0.2, 0) is 12.0 Å². The van der Waals surface area contributed by atoms with Gasteiger partial charge in [0.05, 0.1) is 18.5 Å². The molecule has 0 bridgehead atoms. The zero-order valence-electron chi connectivity index (χ0n) is 12.3. The summed E-state index contributed by atoms with van der Waals surface area (Å²) in [6.07, 6.45) is 1.67. The van der Waals surface area contributed by atoms with E-state index in [9.17, 15) is 5.11 Å². The number of pyridine rings is 2. The van der Waals surface area contributed by atoms with Crippen molar-refractivity contribution in [1.82, 2.24) is 9.97 Å². The van der Waals surface area contributed by atoms with E-state index in [-0.39, 0.29) is 12.0 Å². The second-order valence-electron chi connectivity index (χ2n) is 5.84. The Morgan fingerprint density at radius 3 is 2.50 bits per heavy atom. The second kappa shape index (κ2) is 5.59. The number of aryl methyl sites for hydroxylation is 1. The Balaban J connectivity index is 2.33. The molecule has 2 aromatic rings. The van der Waals surface area contributed by atoms with Gasteiger partial charge in [-0.1, -0.05) is 20.8 Å². The van der Waals surface area contributed by atoms with Crippen LogP contribution in [0.1, 0.15) is 37.7 Å². The highest BCUT2D eigenvalue weighted by atomic mass is 16.5. The molecule has 0 fully saturated rings. The Morgan fingerprint density at radius 2 is 1.95 bits per heavy atom. The highest BCUT2D eigenvalue weighted by molar-refractivity contribution is 5.31. The highest BCUT2D eigenvalue weighted by Crippen LogP contribution is 2.26. The van der Waals surface area contributed by atoms with E-state index in [0.29, 0.717) is 11.6 Å². The third-order valence-corrected chi connectivity index (χ3v) is 2.92. The van der Waals surface area contributed by atoms with Crippen LogP contribution < -0.4 is 4.74 Å². The van der Waals surface area contributed by atoms with Crippen molar-refractivity contribution in [2.75, 3.05) is 0 Å². The first kappa shape index (κ1) is 14.5. The van der Waals surface area contributed by atoms with E-state index in [1.54, 1.807) is 12.3 Å². The number of aliphatic hydroxyl groups excluding tert-OH is 1. The third kappa shape index (κ3) is 3.54. The summed E-state index contributed by atoms with van der Waals surface area (Å²) in [7, 11) is 0. The summed E-state index contributed by atoms with van der Waals surface area (Å²) >= 11 is 0. The molecule has 0 aliphatic heterocycles. The van der Waals surface area contributed by atoms with E-state index < -0.39 is 0 Å². The normalized spacial score (nSPS) is 11.4. The van der Waals surface area contributed by atoms with E-state index in [1.807, 2.05) is 25.1 Å². The number of nitrogens with zero attached hydrogens (tertiary/aromatic N) is 2. The van der Waals surface area contributed by atoms with Crippen LogP contribution in [0.2, 0.25) is 0 Å². The van der Waals surface area contributed by atoms with Crippen LogP contribution in [0, 0.1) is 6.92 Å². The molecule has 0 radical (unpaired) electrons. The standard InChI is InChI=1S/C16H20N2O2/c1-11-5-6-13(9-17-11)20-15-8-12(10-19)7-14(18-15)16(2,3)4/h5-9,19H,10H2,1-4H3. The van der Waals surface area contributed by atoms with Gasteiger partial charge in [-0.3, -0.25) is 4.98 Å². The monoisotopic (exact) mass is 272 g/mol. The van der Waals surface area contributed by atoms with Gasteiger partial charge in [-0.05, 0) is 30.7 Å². The molecule has 0 spiro atoms. The molecule has 2 rings (SSSR count). The molecule has 106 valence electrons. The number of hydrogen-bond donors (Lipinski definition) is 1. The van der Waals surface area contributed by atoms with Crippen molar-refractivity contribution in [3.8, 4) is 11.6 Å². The molecule has 0 aliphatic carbocycles. The number of aromatic nitrogens is 2. The fraction of sp³-hybridized carbons (Fsp3) is 0.375. The average Bonchev–Trinajstić information content (AvgIpc) is 2.40. The molecule has 2 heterocycles. The number of aliphatic hydroxyl groups is 1. The molecule has 0 aromatic carbocycles. The molecule has 4 heteroatoms. The summed E-state index contributed by atoms with van der Waals surface area (Å²) in [4.78, 5) is 8.70. The van der Waals surface area contributed by atoms with Crippen LogP contribution in [-0.4, -0.2) is 15.1 Å². The van der Waals surface area contributed by atoms with Crippen LogP contribution in [0.25, 0.3) is 0 Å². The summed E-state index contributed by atoms with van der Waals surface area (Å²) < 4.78 is 5.73. The van der Waals surface area contributed by atoms with Crippen LogP contribution in [0.4, 0.5) is 0 Å². The smallest absolute Gasteiger partial charge is 0.219 e. The van der Waals surface area contributed by atoms with Gasteiger partial charge in [0.25, 0.3) is 0 Å². The third-order valence-electron chi connectivity index (χ3n) is 2.92. The fourth-order valence-electron chi connectivity index (χ4n) is 1.72. The molecule has 2 aromatic heterocycles. The molecular formula is C16H20N2O2. The Morgan fingerprint density at radius 1 is 1.20 bits per heavy atom. The van der Waals surface area contributed by atoms with Crippen molar-refractivity contribution in [2.24, 2.45) is 0 Å². The Hall–Kier alpha value is -1.94. The molecule has 0 saturated carbocycles. The molecule has 20 heavy (non-hydrogen) atoms. The van der Waals surface area contributed by atoms with Crippen molar-refractivity contribution >= 4 is 0 Å². The van der Waals surface area contributed by atoms with Gasteiger partial charge < -0.3 is 9.84 Å². The summed E-state index contributed by atoms with van der Waals surface area (Å²) in [5.41, 5.74) is 2.51. The molecule has 0 saturated heterocycles. The minimum Gasteiger partial charge on any atom is -0.437 e. The molecule has 0 unspecified atom stereocenters. The number of rotatable bonds is 3. The molecule has 4 nitrogen and oxygen atoms in total. The predicted molar refractivity (Wildman–Crippen MR) is 77.9 cm³/mol. The fourth-order valence-corrected chi connectivity index (χ4v) is 1.72. The Kier molecular flexibility index (Phi) is 4.04. The van der Waals surface area contributed by atoms with Crippen molar-refractivity contribution in [3.05, 3.63) is 47.4 Å². The lowest BCUT2D eigenvalue weighted by Crippen LogP contribution is -2.14. The van der Waals surface area contributed by atoms with Crippen molar-refractivity contribution in [2.45, 2.75) is 39.7 Å². The average molecular weight is 272 g/mol. The molecule has 0 amide bonds. The highest BCUT2D eigenvalue weighted by Gasteiger charge is 2.17. The van der Waals surface area contributed by atoms with Crippen molar-refractivity contribution in [1.29, 1.82) is 0 Å². The molecule has 0 aliphatic rings. The lowest BCUT2D eigenvalue weighted by Gasteiger charge is -2.19. The molecule has 1 N–H and O–H groups in total. The van der Waals surface area contributed by atoms with Crippen LogP contribution >= 0.6 is 0 Å². The molecule has 0 atom stereocenters. The summed E-state index contributed by atoms with van der Waals surface area (Å²) in [6.45, 7) is 8.12. The molecular weight excluding hydrogens is 252 g/mol. The first-order valence-corrected chi connectivity index (χ1v) is 6.61. The van der Waals surface area contributed by atoms with Gasteiger partial charge >= 0.3 is 0 Å². The van der Waals surface area contributed by atoms with Crippen LogP contribution in [0.15, 0.2) is 30.5 Å². The van der Waals surface area contributed by atoms with Crippen molar-refractivity contribution < 1.29 is 9.84 Å². The maximum atomic E-state index is 9.36. The van der Waals surface area contributed by atoms with Crippen LogP contribution in [0.3, 0.4) is 0 Å². The SMILES string of the molecule is Cc1ccc(Oc2cc(CO)cc(C(C)(C)C)n2)cn1. The van der Waals surface area contributed by atoms with E-state index in [1.165, 1.54) is 0 Å². The van der Waals surface area contributed by atoms with E-state index in [0.717, 1.165) is 17.0 Å². The summed E-state index contributed by atoms with van der Waals surface area (Å²) in [5, 5.41) is 9.36. The Bertz CT molecular complexity index is 586. The van der Waals surface area contributed by atoms with E-state index >= 15 is 0 Å². The second-order valence-corrected chi connectivity index (χ2v) is 5.84. The maximum Gasteiger partial charge on any atom is 0.219 e. The van der Waals surface area contributed by atoms with Gasteiger partial charge in [-0.25, -0.2) is 4.98 Å². The summed E-state index contributed by atoms with van der Waals surface area (Å²) in [5.74, 6) is 1.12. The van der Waals surface area contributed by atoms with Gasteiger partial charge in [0, 0.05) is 17.2 Å². The summed E-state index contributed by atoms with van der Waals surface area (Å²) in [6, 6.07) is 7.39.